The van der Waals surface area contributed by atoms with Crippen LogP contribution in [0.15, 0.2) is 30.3 Å². The Labute approximate surface area is 94.6 Å². The molecule has 0 unspecified atom stereocenters. The summed E-state index contributed by atoms with van der Waals surface area (Å²) in [5.74, 6) is 0. The molecule has 0 bridgehead atoms. The van der Waals surface area contributed by atoms with Crippen LogP contribution in [0.25, 0.3) is 10.4 Å². The van der Waals surface area contributed by atoms with Gasteiger partial charge in [0.2, 0.25) is 0 Å². The van der Waals surface area contributed by atoms with Crippen LogP contribution in [0, 0.1) is 6.92 Å². The van der Waals surface area contributed by atoms with Crippen LogP contribution in [0.1, 0.15) is 17.4 Å². The Hall–Kier alpha value is -1.28. The predicted octanol–water partition coefficient (Wildman–Crippen LogP) is 3.87. The van der Waals surface area contributed by atoms with Crippen LogP contribution in [-0.4, -0.2) is 0 Å². The van der Waals surface area contributed by atoms with Crippen LogP contribution in [0.3, 0.4) is 0 Å². The fourth-order valence-corrected chi connectivity index (χ4v) is 2.52. The van der Waals surface area contributed by atoms with Crippen LogP contribution in [0.4, 0.5) is 5.69 Å². The first-order valence-electron chi connectivity index (χ1n) is 5.16. The van der Waals surface area contributed by atoms with Gasteiger partial charge in [-0.15, -0.1) is 11.3 Å². The lowest BCUT2D eigenvalue weighted by Crippen LogP contribution is -1.92. The van der Waals surface area contributed by atoms with Crippen molar-refractivity contribution in [3.63, 3.8) is 0 Å². The highest BCUT2D eigenvalue weighted by Gasteiger charge is 2.03. The molecule has 0 radical (unpaired) electrons. The Morgan fingerprint density at radius 1 is 1.20 bits per heavy atom. The molecule has 1 aromatic heterocycles. The Bertz CT molecular complexity index is 471. The summed E-state index contributed by atoms with van der Waals surface area (Å²) in [6.07, 6.45) is 0.996. The van der Waals surface area contributed by atoms with Gasteiger partial charge < -0.3 is 5.73 Å². The largest absolute Gasteiger partial charge is 0.398 e. The first-order chi connectivity index (χ1) is 7.20. The minimum atomic E-state index is 0.904. The average molecular weight is 217 g/mol. The van der Waals surface area contributed by atoms with Crippen LogP contribution in [0.5, 0.6) is 0 Å². The van der Waals surface area contributed by atoms with Gasteiger partial charge in [-0.2, -0.15) is 0 Å². The first kappa shape index (κ1) is 10.2. The molecule has 78 valence electrons. The number of hydrogen-bond acceptors (Lipinski definition) is 2. The molecule has 0 amide bonds. The van der Waals surface area contributed by atoms with Crippen molar-refractivity contribution in [1.29, 1.82) is 0 Å². The van der Waals surface area contributed by atoms with Gasteiger partial charge in [-0.1, -0.05) is 19.1 Å². The molecule has 0 saturated carbocycles. The molecule has 2 aromatic rings. The fraction of sp³-hybridized carbons (Fsp3) is 0.231. The molecule has 0 aliphatic rings. The van der Waals surface area contributed by atoms with E-state index in [2.05, 4.69) is 44.2 Å². The van der Waals surface area contributed by atoms with E-state index < -0.39 is 0 Å². The quantitative estimate of drug-likeness (QED) is 0.759. The van der Waals surface area contributed by atoms with Crippen molar-refractivity contribution in [2.24, 2.45) is 0 Å². The van der Waals surface area contributed by atoms with E-state index in [-0.39, 0.29) is 0 Å². The number of anilines is 1. The normalized spacial score (nSPS) is 10.5. The topological polar surface area (TPSA) is 26.0 Å². The highest BCUT2D eigenvalue weighted by atomic mass is 32.1. The molecule has 1 nitrogen and oxygen atoms in total. The summed E-state index contributed by atoms with van der Waals surface area (Å²) >= 11 is 1.81. The number of benzene rings is 1. The van der Waals surface area contributed by atoms with Crippen molar-refractivity contribution in [2.75, 3.05) is 5.73 Å². The zero-order valence-electron chi connectivity index (χ0n) is 9.08. The van der Waals surface area contributed by atoms with E-state index in [1.807, 2.05) is 11.3 Å². The lowest BCUT2D eigenvalue weighted by Gasteiger charge is -2.04. The van der Waals surface area contributed by atoms with Crippen molar-refractivity contribution in [2.45, 2.75) is 20.3 Å². The SMILES string of the molecule is CCc1ccc(-c2ccc(C)s2)cc1N. The highest BCUT2D eigenvalue weighted by Crippen LogP contribution is 2.30. The molecule has 15 heavy (non-hydrogen) atoms. The Balaban J connectivity index is 2.42. The number of hydrogen-bond donors (Lipinski definition) is 1. The summed E-state index contributed by atoms with van der Waals surface area (Å²) in [4.78, 5) is 2.63. The standard InChI is InChI=1S/C13H15NS/c1-3-10-5-6-11(8-12(10)14)13-7-4-9(2)15-13/h4-8H,3,14H2,1-2H3. The monoisotopic (exact) mass is 217 g/mol. The Kier molecular flexibility index (Phi) is 2.78. The van der Waals surface area contributed by atoms with E-state index in [4.69, 9.17) is 5.73 Å². The third-order valence-electron chi connectivity index (χ3n) is 2.55. The molecule has 1 heterocycles. The number of nitrogens with two attached hydrogens (primary N) is 1. The van der Waals surface area contributed by atoms with E-state index in [1.165, 1.54) is 20.9 Å². The fourth-order valence-electron chi connectivity index (χ4n) is 1.66. The number of aryl methyl sites for hydroxylation is 2. The third kappa shape index (κ3) is 2.05. The summed E-state index contributed by atoms with van der Waals surface area (Å²) in [7, 11) is 0. The van der Waals surface area contributed by atoms with Gasteiger partial charge in [-0.25, -0.2) is 0 Å². The second kappa shape index (κ2) is 4.07. The maximum atomic E-state index is 5.98. The van der Waals surface area contributed by atoms with Gasteiger partial charge in [0, 0.05) is 15.4 Å². The van der Waals surface area contributed by atoms with Gasteiger partial charge in [0.25, 0.3) is 0 Å². The minimum absolute atomic E-state index is 0.904. The van der Waals surface area contributed by atoms with Crippen LogP contribution < -0.4 is 5.73 Å². The Morgan fingerprint density at radius 2 is 2.00 bits per heavy atom. The molecule has 2 N–H and O–H groups in total. The average Bonchev–Trinajstić information content (AvgIpc) is 2.65. The molecular formula is C13H15NS. The van der Waals surface area contributed by atoms with Crippen molar-refractivity contribution in [3.8, 4) is 10.4 Å². The smallest absolute Gasteiger partial charge is 0.0352 e. The lowest BCUT2D eigenvalue weighted by atomic mass is 10.1. The first-order valence-corrected chi connectivity index (χ1v) is 5.97. The Morgan fingerprint density at radius 3 is 2.53 bits per heavy atom. The second-order valence-corrected chi connectivity index (χ2v) is 4.97. The van der Waals surface area contributed by atoms with Gasteiger partial charge in [0.1, 0.15) is 0 Å². The van der Waals surface area contributed by atoms with Crippen molar-refractivity contribution < 1.29 is 0 Å². The molecule has 0 atom stereocenters. The maximum absolute atomic E-state index is 5.98. The van der Waals surface area contributed by atoms with Crippen molar-refractivity contribution in [3.05, 3.63) is 40.8 Å². The van der Waals surface area contributed by atoms with Gasteiger partial charge in [0.15, 0.2) is 0 Å². The van der Waals surface area contributed by atoms with Crippen molar-refractivity contribution >= 4 is 17.0 Å². The van der Waals surface area contributed by atoms with Gasteiger partial charge >= 0.3 is 0 Å². The minimum Gasteiger partial charge on any atom is -0.398 e. The van der Waals surface area contributed by atoms with E-state index in [1.54, 1.807) is 0 Å². The molecule has 0 saturated heterocycles. The summed E-state index contributed by atoms with van der Waals surface area (Å²) in [6, 6.07) is 10.6. The zero-order valence-corrected chi connectivity index (χ0v) is 9.90. The van der Waals surface area contributed by atoms with Gasteiger partial charge in [-0.05, 0) is 42.7 Å². The molecule has 2 rings (SSSR count). The molecule has 0 aliphatic carbocycles. The van der Waals surface area contributed by atoms with Gasteiger partial charge in [0.05, 0.1) is 0 Å². The number of thiophene rings is 1. The highest BCUT2D eigenvalue weighted by molar-refractivity contribution is 7.15. The molecule has 0 aliphatic heterocycles. The van der Waals surface area contributed by atoms with E-state index in [0.29, 0.717) is 0 Å². The van der Waals surface area contributed by atoms with Gasteiger partial charge in [-0.3, -0.25) is 0 Å². The molecule has 2 heteroatoms. The van der Waals surface area contributed by atoms with Crippen LogP contribution >= 0.6 is 11.3 Å². The van der Waals surface area contributed by atoms with E-state index in [9.17, 15) is 0 Å². The molecule has 0 fully saturated rings. The second-order valence-electron chi connectivity index (χ2n) is 3.68. The summed E-state index contributed by atoms with van der Waals surface area (Å²) < 4.78 is 0. The van der Waals surface area contributed by atoms with Crippen LogP contribution in [0.2, 0.25) is 0 Å². The van der Waals surface area contributed by atoms with Crippen LogP contribution in [-0.2, 0) is 6.42 Å². The predicted molar refractivity (Wildman–Crippen MR) is 68.3 cm³/mol. The third-order valence-corrected chi connectivity index (χ3v) is 3.60. The summed E-state index contributed by atoms with van der Waals surface area (Å²) in [5.41, 5.74) is 9.34. The lowest BCUT2D eigenvalue weighted by molar-refractivity contribution is 1.15. The molecular weight excluding hydrogens is 202 g/mol. The maximum Gasteiger partial charge on any atom is 0.0352 e. The van der Waals surface area contributed by atoms with E-state index >= 15 is 0 Å². The number of rotatable bonds is 2. The molecule has 1 aromatic carbocycles. The van der Waals surface area contributed by atoms with Crippen molar-refractivity contribution in [1.82, 2.24) is 0 Å². The summed E-state index contributed by atoms with van der Waals surface area (Å²) in [5, 5.41) is 0. The zero-order chi connectivity index (χ0) is 10.8. The summed E-state index contributed by atoms with van der Waals surface area (Å²) in [6.45, 7) is 4.25. The van der Waals surface area contributed by atoms with E-state index in [0.717, 1.165) is 12.1 Å². The molecule has 0 spiro atoms. The number of nitrogen functional groups attached to an aromatic ring is 1.